The van der Waals surface area contributed by atoms with Crippen molar-refractivity contribution in [1.82, 2.24) is 13.7 Å². The molecule has 0 aliphatic carbocycles. The SMILES string of the molecule is CN1P(C)NPN=P(C)(C)N(C)P1(C)(C)C. The zero-order valence-corrected chi connectivity index (χ0v) is 15.4. The summed E-state index contributed by atoms with van der Waals surface area (Å²) in [7, 11) is 3.50. The van der Waals surface area contributed by atoms with Gasteiger partial charge in [0.05, 0.1) is 0 Å². The van der Waals surface area contributed by atoms with Gasteiger partial charge in [-0.05, 0) is 0 Å². The van der Waals surface area contributed by atoms with Crippen LogP contribution in [0.2, 0.25) is 0 Å². The van der Waals surface area contributed by atoms with Crippen molar-refractivity contribution < 1.29 is 0 Å². The third-order valence-electron chi connectivity index (χ3n) is 3.64. The Balaban J connectivity index is 3.32. The predicted octanol–water partition coefficient (Wildman–Crippen LogP) is 3.55. The van der Waals surface area contributed by atoms with Crippen LogP contribution < -0.4 is 4.86 Å². The maximum absolute atomic E-state index is 4.90. The van der Waals surface area contributed by atoms with Crippen LogP contribution in [0.4, 0.5) is 0 Å². The second-order valence-corrected chi connectivity index (χ2v) is 19.7. The Kier molecular flexibility index (Phi) is 4.35. The summed E-state index contributed by atoms with van der Waals surface area (Å²) in [6, 6.07) is 0. The third kappa shape index (κ3) is 2.70. The Hall–Kier alpha value is 1.40. The topological polar surface area (TPSA) is 30.9 Å². The first-order valence-electron chi connectivity index (χ1n) is 5.27. The van der Waals surface area contributed by atoms with Gasteiger partial charge in [0.15, 0.2) is 0 Å². The van der Waals surface area contributed by atoms with Gasteiger partial charge in [-0.1, -0.05) is 0 Å². The van der Waals surface area contributed by atoms with Crippen LogP contribution in [-0.4, -0.2) is 63.0 Å². The van der Waals surface area contributed by atoms with Gasteiger partial charge in [0.25, 0.3) is 0 Å². The fraction of sp³-hybridized carbons (Fsp3) is 1.00. The number of nitrogens with one attached hydrogen (secondary N) is 1. The molecule has 0 amide bonds. The fourth-order valence-corrected chi connectivity index (χ4v) is 16.8. The van der Waals surface area contributed by atoms with Crippen LogP contribution in [0.1, 0.15) is 0 Å². The van der Waals surface area contributed by atoms with Crippen LogP contribution in [0, 0.1) is 0 Å². The van der Waals surface area contributed by atoms with E-state index in [1.54, 1.807) is 0 Å². The number of nitrogens with zero attached hydrogens (tertiary/aromatic N) is 3. The van der Waals surface area contributed by atoms with Gasteiger partial charge in [-0.15, -0.1) is 0 Å². The molecule has 1 heterocycles. The average molecular weight is 302 g/mol. The van der Waals surface area contributed by atoms with E-state index in [1.165, 1.54) is 0 Å². The summed E-state index contributed by atoms with van der Waals surface area (Å²) < 4.78 is 10.1. The van der Waals surface area contributed by atoms with Gasteiger partial charge in [0.1, 0.15) is 0 Å². The molecule has 1 aliphatic rings. The van der Waals surface area contributed by atoms with Crippen molar-refractivity contribution in [3.63, 3.8) is 0 Å². The van der Waals surface area contributed by atoms with Crippen LogP contribution in [0.5, 0.6) is 0 Å². The molecule has 8 heteroatoms. The Morgan fingerprint density at radius 3 is 2.25 bits per heavy atom. The minimum absolute atomic E-state index is 0.265. The zero-order chi connectivity index (χ0) is 12.8. The number of rotatable bonds is 0. The first kappa shape index (κ1) is 15.5. The van der Waals surface area contributed by atoms with Crippen molar-refractivity contribution in [2.24, 2.45) is 4.52 Å². The molecule has 98 valence electrons. The summed E-state index contributed by atoms with van der Waals surface area (Å²) in [5.41, 5.74) is 0. The molecular weight excluding hydrogens is 276 g/mol. The van der Waals surface area contributed by atoms with Crippen molar-refractivity contribution in [2.45, 2.75) is 0 Å². The van der Waals surface area contributed by atoms with Crippen LogP contribution in [0.15, 0.2) is 4.52 Å². The Morgan fingerprint density at radius 2 is 1.75 bits per heavy atom. The molecule has 0 saturated carbocycles. The molecule has 2 unspecified atom stereocenters. The summed E-state index contributed by atoms with van der Waals surface area (Å²) in [6.07, 6.45) is 0. The summed E-state index contributed by atoms with van der Waals surface area (Å²) >= 11 is 0. The monoisotopic (exact) mass is 302 g/mol. The second-order valence-electron chi connectivity index (χ2n) is 5.79. The molecule has 16 heavy (non-hydrogen) atoms. The standard InChI is InChI=1S/C8H26N4P4/c1-11-14(3)9-13-10-15(4,5)12(2)16(11,6,7)8/h9,13H,1-8H3. The van der Waals surface area contributed by atoms with E-state index in [4.69, 9.17) is 4.52 Å². The molecule has 0 saturated heterocycles. The Labute approximate surface area is 104 Å². The van der Waals surface area contributed by atoms with E-state index in [1.807, 2.05) is 0 Å². The molecule has 0 radical (unpaired) electrons. The Morgan fingerprint density at radius 1 is 1.25 bits per heavy atom. The third-order valence-corrected chi connectivity index (χ3v) is 19.8. The zero-order valence-electron chi connectivity index (χ0n) is 11.7. The van der Waals surface area contributed by atoms with Crippen LogP contribution >= 0.6 is 31.2 Å². The maximum atomic E-state index is 4.90. The van der Waals surface area contributed by atoms with Gasteiger partial charge >= 0.3 is 104 Å². The van der Waals surface area contributed by atoms with E-state index >= 15 is 0 Å². The van der Waals surface area contributed by atoms with Crippen LogP contribution in [-0.2, 0) is 0 Å². The molecule has 0 aromatic rings. The van der Waals surface area contributed by atoms with Crippen molar-refractivity contribution in [3.8, 4) is 0 Å². The molecule has 4 nitrogen and oxygen atoms in total. The average Bonchev–Trinajstić information content (AvgIpc) is 2.13. The summed E-state index contributed by atoms with van der Waals surface area (Å²) in [5.74, 6) is 0. The normalized spacial score (nSPS) is 39.0. The molecule has 1 aliphatic heterocycles. The molecule has 0 fully saturated rings. The number of hydrogen-bond donors (Lipinski definition) is 1. The fourth-order valence-electron chi connectivity index (χ4n) is 1.76. The minimum atomic E-state index is -1.96. The molecule has 1 rings (SSSR count). The van der Waals surface area contributed by atoms with E-state index in [0.29, 0.717) is 8.88 Å². The molecule has 0 aromatic carbocycles. The van der Waals surface area contributed by atoms with E-state index in [9.17, 15) is 0 Å². The van der Waals surface area contributed by atoms with Gasteiger partial charge in [-0.2, -0.15) is 0 Å². The van der Waals surface area contributed by atoms with Gasteiger partial charge in [0.2, 0.25) is 0 Å². The summed E-state index contributed by atoms with van der Waals surface area (Å²) in [6.45, 7) is 12.2. The second kappa shape index (κ2) is 4.50. The van der Waals surface area contributed by atoms with Crippen LogP contribution in [0.25, 0.3) is 0 Å². The molecule has 1 N–H and O–H groups in total. The molecule has 0 aromatic heterocycles. The summed E-state index contributed by atoms with van der Waals surface area (Å²) in [4.78, 5) is 3.58. The predicted molar refractivity (Wildman–Crippen MR) is 85.7 cm³/mol. The Bertz CT molecular complexity index is 329. The first-order valence-corrected chi connectivity index (χ1v) is 14.0. The van der Waals surface area contributed by atoms with Gasteiger partial charge in [-0.3, -0.25) is 0 Å². The first-order chi connectivity index (χ1) is 6.97. The number of hydrogen-bond acceptors (Lipinski definition) is 4. The molecular formula is C8H26N4P4. The van der Waals surface area contributed by atoms with Crippen molar-refractivity contribution in [1.29, 1.82) is 0 Å². The molecule has 0 bridgehead atoms. The van der Waals surface area contributed by atoms with E-state index in [2.05, 4.69) is 67.8 Å². The van der Waals surface area contributed by atoms with Gasteiger partial charge < -0.3 is 0 Å². The summed E-state index contributed by atoms with van der Waals surface area (Å²) in [5, 5.41) is 0. The van der Waals surface area contributed by atoms with Gasteiger partial charge in [0, 0.05) is 0 Å². The van der Waals surface area contributed by atoms with Crippen molar-refractivity contribution in [2.75, 3.05) is 54.1 Å². The van der Waals surface area contributed by atoms with Gasteiger partial charge in [-0.25, -0.2) is 0 Å². The van der Waals surface area contributed by atoms with Crippen LogP contribution in [0.3, 0.4) is 0 Å². The van der Waals surface area contributed by atoms with E-state index in [0.717, 1.165) is 0 Å². The van der Waals surface area contributed by atoms with Crippen molar-refractivity contribution in [3.05, 3.63) is 0 Å². The molecule has 0 spiro atoms. The van der Waals surface area contributed by atoms with Crippen molar-refractivity contribution >= 4 is 31.2 Å². The molecule has 2 atom stereocenters. The quantitative estimate of drug-likeness (QED) is 0.694. The van der Waals surface area contributed by atoms with E-state index in [-0.39, 0.29) is 8.22 Å². The van der Waals surface area contributed by atoms with E-state index < -0.39 is 14.1 Å².